The van der Waals surface area contributed by atoms with Gasteiger partial charge in [0.25, 0.3) is 5.91 Å². The van der Waals surface area contributed by atoms with E-state index in [0.717, 1.165) is 16.5 Å². The highest BCUT2D eigenvalue weighted by Gasteiger charge is 2.52. The van der Waals surface area contributed by atoms with Gasteiger partial charge in [-0.1, -0.05) is 59.6 Å². The lowest BCUT2D eigenvalue weighted by atomic mass is 9.87. The minimum Gasteiger partial charge on any atom is -0.372 e. The van der Waals surface area contributed by atoms with Gasteiger partial charge in [-0.25, -0.2) is 0 Å². The van der Waals surface area contributed by atoms with Crippen molar-refractivity contribution in [1.29, 1.82) is 0 Å². The molecule has 144 valence electrons. The van der Waals surface area contributed by atoms with Crippen LogP contribution in [0.5, 0.6) is 0 Å². The van der Waals surface area contributed by atoms with Crippen molar-refractivity contribution in [1.82, 2.24) is 4.98 Å². The molecule has 6 heteroatoms. The molecule has 2 N–H and O–H groups in total. The van der Waals surface area contributed by atoms with E-state index in [1.165, 1.54) is 0 Å². The summed E-state index contributed by atoms with van der Waals surface area (Å²) in [6.45, 7) is 0.248. The summed E-state index contributed by atoms with van der Waals surface area (Å²) >= 11 is 12.6. The molecule has 0 radical (unpaired) electrons. The highest BCUT2D eigenvalue weighted by Crippen LogP contribution is 2.47. The number of hydrogen-bond donors (Lipinski definition) is 2. The van der Waals surface area contributed by atoms with E-state index in [-0.39, 0.29) is 6.54 Å². The Kier molecular flexibility index (Phi) is 4.17. The first-order chi connectivity index (χ1) is 14.0. The van der Waals surface area contributed by atoms with Crippen molar-refractivity contribution >= 4 is 45.7 Å². The van der Waals surface area contributed by atoms with Crippen LogP contribution in [-0.4, -0.2) is 16.0 Å². The molecule has 0 aliphatic carbocycles. The number of amides is 1. The molecule has 0 spiro atoms. The van der Waals surface area contributed by atoms with E-state index < -0.39 is 11.5 Å². The van der Waals surface area contributed by atoms with Crippen molar-refractivity contribution in [2.24, 2.45) is 0 Å². The second kappa shape index (κ2) is 6.63. The molecule has 4 aromatic rings. The zero-order valence-corrected chi connectivity index (χ0v) is 16.7. The Morgan fingerprint density at radius 3 is 2.55 bits per heavy atom. The van der Waals surface area contributed by atoms with E-state index in [1.807, 2.05) is 42.5 Å². The number of nitrogens with zero attached hydrogens (tertiary/aromatic N) is 1. The number of benzene rings is 3. The minimum atomic E-state index is -1.85. The molecule has 3 aromatic carbocycles. The fraction of sp³-hybridized carbons (Fsp3) is 0.0870. The molecule has 0 fully saturated rings. The van der Waals surface area contributed by atoms with Crippen molar-refractivity contribution in [2.45, 2.75) is 12.1 Å². The number of nitrogens with one attached hydrogen (secondary N) is 1. The normalized spacial score (nSPS) is 18.4. The predicted octanol–water partition coefficient (Wildman–Crippen LogP) is 5.26. The Balaban J connectivity index is 1.70. The number of rotatable bonds is 3. The van der Waals surface area contributed by atoms with Crippen molar-refractivity contribution in [3.05, 3.63) is 99.7 Å². The van der Waals surface area contributed by atoms with Gasteiger partial charge in [0.2, 0.25) is 0 Å². The number of aromatic nitrogens is 1. The maximum Gasteiger partial charge on any atom is 0.268 e. The van der Waals surface area contributed by atoms with E-state index >= 15 is 0 Å². The first-order valence-electron chi connectivity index (χ1n) is 9.14. The number of carbonyl (C=O) groups is 1. The zero-order valence-electron chi connectivity index (χ0n) is 15.2. The lowest BCUT2D eigenvalue weighted by molar-refractivity contribution is -0.132. The summed E-state index contributed by atoms with van der Waals surface area (Å²) in [5.74, 6) is -0.431. The molecule has 1 aliphatic heterocycles. The van der Waals surface area contributed by atoms with E-state index in [4.69, 9.17) is 23.2 Å². The number of aliphatic hydroxyl groups is 1. The van der Waals surface area contributed by atoms with Crippen molar-refractivity contribution < 1.29 is 9.90 Å². The van der Waals surface area contributed by atoms with Crippen LogP contribution in [0.3, 0.4) is 0 Å². The summed E-state index contributed by atoms with van der Waals surface area (Å²) in [5, 5.41) is 13.6. The predicted molar refractivity (Wildman–Crippen MR) is 115 cm³/mol. The third-order valence-corrected chi connectivity index (χ3v) is 6.06. The quantitative estimate of drug-likeness (QED) is 0.473. The van der Waals surface area contributed by atoms with Crippen LogP contribution in [0.15, 0.2) is 72.9 Å². The Labute approximate surface area is 177 Å². The van der Waals surface area contributed by atoms with Crippen LogP contribution in [0.2, 0.25) is 10.0 Å². The van der Waals surface area contributed by atoms with Crippen LogP contribution in [0, 0.1) is 0 Å². The standard InChI is InChI=1S/C23H16Cl2N2O2/c24-15-9-10-21-17(11-15)23(29,18-12-26-20-8-4-2-6-16(18)20)22(28)27(21)13-14-5-1-3-7-19(14)25/h1-12,26,29H,13H2/t23-/m0/s1. The van der Waals surface area contributed by atoms with Gasteiger partial charge in [-0.15, -0.1) is 0 Å². The molecule has 1 aromatic heterocycles. The number of aromatic amines is 1. The largest absolute Gasteiger partial charge is 0.372 e. The maximum atomic E-state index is 13.6. The zero-order chi connectivity index (χ0) is 20.2. The second-order valence-corrected chi connectivity index (χ2v) is 7.95. The first kappa shape index (κ1) is 18.3. The van der Waals surface area contributed by atoms with Crippen LogP contribution < -0.4 is 4.90 Å². The molecule has 2 heterocycles. The van der Waals surface area contributed by atoms with E-state index in [2.05, 4.69) is 4.98 Å². The summed E-state index contributed by atoms with van der Waals surface area (Å²) < 4.78 is 0. The molecule has 0 saturated heterocycles. The van der Waals surface area contributed by atoms with Gasteiger partial charge < -0.3 is 15.0 Å². The van der Waals surface area contributed by atoms with Gasteiger partial charge in [-0.3, -0.25) is 4.79 Å². The van der Waals surface area contributed by atoms with Crippen molar-refractivity contribution in [3.8, 4) is 0 Å². The molecule has 1 amide bonds. The number of para-hydroxylation sites is 1. The Bertz CT molecular complexity index is 1270. The molecule has 29 heavy (non-hydrogen) atoms. The smallest absolute Gasteiger partial charge is 0.268 e. The van der Waals surface area contributed by atoms with Crippen molar-refractivity contribution in [3.63, 3.8) is 0 Å². The monoisotopic (exact) mass is 422 g/mol. The fourth-order valence-electron chi connectivity index (χ4n) is 4.04. The summed E-state index contributed by atoms with van der Waals surface area (Å²) in [5.41, 5.74) is 1.38. The lowest BCUT2D eigenvalue weighted by Gasteiger charge is -2.23. The van der Waals surface area contributed by atoms with Crippen molar-refractivity contribution in [2.75, 3.05) is 4.90 Å². The number of halogens is 2. The van der Waals surface area contributed by atoms with E-state index in [0.29, 0.717) is 26.9 Å². The van der Waals surface area contributed by atoms with Gasteiger partial charge in [-0.05, 0) is 35.9 Å². The van der Waals surface area contributed by atoms with Crippen LogP contribution in [-0.2, 0) is 16.9 Å². The molecule has 4 nitrogen and oxygen atoms in total. The van der Waals surface area contributed by atoms with Gasteiger partial charge >= 0.3 is 0 Å². The number of carbonyl (C=O) groups excluding carboxylic acids is 1. The molecular formula is C23H16Cl2N2O2. The van der Waals surface area contributed by atoms with E-state index in [9.17, 15) is 9.90 Å². The minimum absolute atomic E-state index is 0.248. The molecule has 1 aliphatic rings. The molecule has 5 rings (SSSR count). The molecule has 0 unspecified atom stereocenters. The van der Waals surface area contributed by atoms with Crippen LogP contribution in [0.25, 0.3) is 10.9 Å². The molecular weight excluding hydrogens is 407 g/mol. The van der Waals surface area contributed by atoms with Crippen LogP contribution >= 0.6 is 23.2 Å². The van der Waals surface area contributed by atoms with E-state index in [1.54, 1.807) is 35.4 Å². The van der Waals surface area contributed by atoms with Crippen LogP contribution in [0.4, 0.5) is 5.69 Å². The molecule has 1 atom stereocenters. The number of fused-ring (bicyclic) bond motifs is 2. The third kappa shape index (κ3) is 2.68. The fourth-order valence-corrected chi connectivity index (χ4v) is 4.41. The first-order valence-corrected chi connectivity index (χ1v) is 9.90. The number of hydrogen-bond acceptors (Lipinski definition) is 2. The molecule has 0 bridgehead atoms. The van der Waals surface area contributed by atoms with Gasteiger partial charge in [0, 0.05) is 38.3 Å². The Morgan fingerprint density at radius 2 is 1.72 bits per heavy atom. The second-order valence-electron chi connectivity index (χ2n) is 7.10. The Morgan fingerprint density at radius 1 is 0.966 bits per heavy atom. The Hall–Kier alpha value is -2.79. The number of anilines is 1. The SMILES string of the molecule is O=C1N(Cc2ccccc2Cl)c2ccc(Cl)cc2[C@]1(O)c1c[nH]c2ccccc12. The highest BCUT2D eigenvalue weighted by molar-refractivity contribution is 6.31. The highest BCUT2D eigenvalue weighted by atomic mass is 35.5. The van der Waals surface area contributed by atoms with Gasteiger partial charge in [0.1, 0.15) is 0 Å². The lowest BCUT2D eigenvalue weighted by Crippen LogP contribution is -2.40. The third-order valence-electron chi connectivity index (χ3n) is 5.46. The summed E-state index contributed by atoms with van der Waals surface area (Å²) in [4.78, 5) is 18.3. The molecule has 0 saturated carbocycles. The average Bonchev–Trinajstić information content (AvgIpc) is 3.24. The summed E-state index contributed by atoms with van der Waals surface area (Å²) in [6.07, 6.45) is 1.69. The average molecular weight is 423 g/mol. The van der Waals surface area contributed by atoms with Crippen LogP contribution in [0.1, 0.15) is 16.7 Å². The maximum absolute atomic E-state index is 13.6. The summed E-state index contributed by atoms with van der Waals surface area (Å²) in [6, 6.07) is 20.1. The topological polar surface area (TPSA) is 56.3 Å². The number of H-pyrrole nitrogens is 1. The summed E-state index contributed by atoms with van der Waals surface area (Å²) in [7, 11) is 0. The van der Waals surface area contributed by atoms with Gasteiger partial charge in [0.05, 0.1) is 12.2 Å². The van der Waals surface area contributed by atoms with Gasteiger partial charge in [0.15, 0.2) is 5.60 Å². The van der Waals surface area contributed by atoms with Gasteiger partial charge in [-0.2, -0.15) is 0 Å².